The summed E-state index contributed by atoms with van der Waals surface area (Å²) in [6.07, 6.45) is 10.4. The van der Waals surface area contributed by atoms with Crippen LogP contribution in [0.25, 0.3) is 0 Å². The Labute approximate surface area is 227 Å². The van der Waals surface area contributed by atoms with Crippen LogP contribution in [0.3, 0.4) is 0 Å². The Kier molecular flexibility index (Phi) is 9.31. The number of urea groups is 1. The fourth-order valence-corrected chi connectivity index (χ4v) is 4.68. The molecule has 1 saturated heterocycles. The van der Waals surface area contributed by atoms with Crippen LogP contribution in [0.4, 0.5) is 20.6 Å². The average Bonchev–Trinajstić information content (AvgIpc) is 3.60. The van der Waals surface area contributed by atoms with Crippen molar-refractivity contribution in [2.75, 3.05) is 23.7 Å². The number of halogens is 2. The average molecular weight is 538 g/mol. The van der Waals surface area contributed by atoms with Gasteiger partial charge in [-0.1, -0.05) is 36.6 Å². The molecule has 0 spiro atoms. The molecule has 1 saturated carbocycles. The first-order valence-electron chi connectivity index (χ1n) is 12.9. The van der Waals surface area contributed by atoms with Crippen molar-refractivity contribution in [2.45, 2.75) is 44.1 Å². The van der Waals surface area contributed by atoms with Crippen molar-refractivity contribution in [1.29, 1.82) is 0 Å². The van der Waals surface area contributed by atoms with Gasteiger partial charge in [0, 0.05) is 36.2 Å². The Hall–Kier alpha value is -3.49. The molecular weight excluding hydrogens is 505 g/mol. The van der Waals surface area contributed by atoms with E-state index in [2.05, 4.69) is 15.6 Å². The first kappa shape index (κ1) is 27.5. The number of anilines is 2. The van der Waals surface area contributed by atoms with Crippen LogP contribution in [0.15, 0.2) is 67.0 Å². The molecule has 200 valence electrons. The predicted molar refractivity (Wildman–Crippen MR) is 149 cm³/mol. The van der Waals surface area contributed by atoms with Crippen molar-refractivity contribution in [3.05, 3.63) is 89.0 Å². The second-order valence-corrected chi connectivity index (χ2v) is 10.2. The molecule has 0 bridgehead atoms. The van der Waals surface area contributed by atoms with Gasteiger partial charge in [0.05, 0.1) is 11.2 Å². The number of hydrogen-bond acceptors (Lipinski definition) is 4. The highest BCUT2D eigenvalue weighted by Gasteiger charge is 2.33. The molecule has 2 heterocycles. The van der Waals surface area contributed by atoms with Gasteiger partial charge in [-0.3, -0.25) is 9.78 Å². The van der Waals surface area contributed by atoms with E-state index in [1.807, 2.05) is 17.0 Å². The molecule has 2 aliphatic rings. The second kappa shape index (κ2) is 12.8. The standard InChI is InChI=1S/C18H20FN3O.C11H13ClN2O/c19-16-6-5-14(10-17(16)22-12-23)18(20,8-7-13-3-4-13)15-2-1-9-21-11-15;12-9-3-5-10(6-4-9)13-11(15)14-7-1-2-8-14/h1-2,5-6,9-13H,3-4,7-8,20H2,(H,22,23);3-6H,1-2,7-8H2,(H,13,15). The Morgan fingerprint density at radius 3 is 2.50 bits per heavy atom. The van der Waals surface area contributed by atoms with Gasteiger partial charge in [-0.25, -0.2) is 9.18 Å². The smallest absolute Gasteiger partial charge is 0.321 e. The van der Waals surface area contributed by atoms with Crippen LogP contribution in [0, 0.1) is 11.7 Å². The third-order valence-corrected chi connectivity index (χ3v) is 7.26. The van der Waals surface area contributed by atoms with E-state index in [-0.39, 0.29) is 11.7 Å². The normalized spacial score (nSPS) is 16.1. The maximum absolute atomic E-state index is 13.8. The molecule has 0 radical (unpaired) electrons. The maximum Gasteiger partial charge on any atom is 0.321 e. The highest BCUT2D eigenvalue weighted by atomic mass is 35.5. The van der Waals surface area contributed by atoms with E-state index >= 15 is 0 Å². The van der Waals surface area contributed by atoms with E-state index in [1.165, 1.54) is 18.9 Å². The molecule has 1 aliphatic heterocycles. The zero-order valence-corrected chi connectivity index (χ0v) is 22.0. The van der Waals surface area contributed by atoms with Crippen molar-refractivity contribution >= 4 is 35.4 Å². The molecule has 2 fully saturated rings. The number of likely N-dealkylation sites (tertiary alicyclic amines) is 1. The topological polar surface area (TPSA) is 100 Å². The number of nitrogens with two attached hydrogens (primary N) is 1. The number of carbonyl (C=O) groups excluding carboxylic acids is 2. The Bertz CT molecular complexity index is 1220. The van der Waals surface area contributed by atoms with Crippen molar-refractivity contribution < 1.29 is 14.0 Å². The summed E-state index contributed by atoms with van der Waals surface area (Å²) < 4.78 is 13.8. The number of benzene rings is 2. The summed E-state index contributed by atoms with van der Waals surface area (Å²) in [7, 11) is 0. The van der Waals surface area contributed by atoms with Gasteiger partial charge in [0.25, 0.3) is 0 Å². The molecule has 38 heavy (non-hydrogen) atoms. The maximum atomic E-state index is 13.8. The highest BCUT2D eigenvalue weighted by Crippen LogP contribution is 2.40. The Morgan fingerprint density at radius 1 is 1.13 bits per heavy atom. The van der Waals surface area contributed by atoms with Gasteiger partial charge in [-0.05, 0) is 85.2 Å². The lowest BCUT2D eigenvalue weighted by atomic mass is 9.80. The first-order valence-corrected chi connectivity index (χ1v) is 13.3. The van der Waals surface area contributed by atoms with E-state index in [0.717, 1.165) is 61.5 Å². The fraction of sp³-hybridized carbons (Fsp3) is 0.345. The summed E-state index contributed by atoms with van der Waals surface area (Å²) in [6.45, 7) is 1.72. The van der Waals surface area contributed by atoms with Crippen LogP contribution < -0.4 is 16.4 Å². The molecule has 5 rings (SSSR count). The van der Waals surface area contributed by atoms with Crippen LogP contribution in [-0.4, -0.2) is 35.4 Å². The summed E-state index contributed by atoms with van der Waals surface area (Å²) in [5.74, 6) is 0.263. The van der Waals surface area contributed by atoms with Crippen molar-refractivity contribution in [1.82, 2.24) is 9.88 Å². The Balaban J connectivity index is 0.000000194. The lowest BCUT2D eigenvalue weighted by Crippen LogP contribution is -2.38. The lowest BCUT2D eigenvalue weighted by Gasteiger charge is -2.31. The van der Waals surface area contributed by atoms with Crippen LogP contribution in [0.5, 0.6) is 0 Å². The number of aromatic nitrogens is 1. The molecule has 7 nitrogen and oxygen atoms in total. The highest BCUT2D eigenvalue weighted by molar-refractivity contribution is 6.30. The minimum atomic E-state index is -0.746. The quantitative estimate of drug-likeness (QED) is 0.300. The molecule has 1 aliphatic carbocycles. The summed E-state index contributed by atoms with van der Waals surface area (Å²) >= 11 is 5.75. The van der Waals surface area contributed by atoms with E-state index in [1.54, 1.807) is 48.8 Å². The molecular formula is C29H33ClFN5O2. The van der Waals surface area contributed by atoms with E-state index in [0.29, 0.717) is 11.4 Å². The predicted octanol–water partition coefficient (Wildman–Crippen LogP) is 6.15. The summed E-state index contributed by atoms with van der Waals surface area (Å²) in [5, 5.41) is 5.90. The van der Waals surface area contributed by atoms with Gasteiger partial charge >= 0.3 is 6.03 Å². The SMILES string of the molecule is NC(CCC1CC1)(c1cccnc1)c1ccc(F)c(NC=O)c1.O=C(Nc1ccc(Cl)cc1)N1CCCC1. The number of pyridine rings is 1. The zero-order chi connectivity index (χ0) is 27.0. The zero-order valence-electron chi connectivity index (χ0n) is 21.2. The minimum Gasteiger partial charge on any atom is -0.326 e. The first-order chi connectivity index (χ1) is 18.4. The minimum absolute atomic E-state index is 0.0187. The molecule has 4 N–H and O–H groups in total. The van der Waals surface area contributed by atoms with Crippen LogP contribution in [0.2, 0.25) is 5.02 Å². The van der Waals surface area contributed by atoms with Gasteiger partial charge in [0.2, 0.25) is 6.41 Å². The number of carbonyl (C=O) groups is 2. The van der Waals surface area contributed by atoms with E-state index in [4.69, 9.17) is 17.3 Å². The molecule has 1 unspecified atom stereocenters. The molecule has 1 atom stereocenters. The van der Waals surface area contributed by atoms with Crippen molar-refractivity contribution in [2.24, 2.45) is 11.7 Å². The lowest BCUT2D eigenvalue weighted by molar-refractivity contribution is -0.105. The fourth-order valence-electron chi connectivity index (χ4n) is 4.55. The number of hydrogen-bond donors (Lipinski definition) is 3. The monoisotopic (exact) mass is 537 g/mol. The van der Waals surface area contributed by atoms with Crippen LogP contribution in [0.1, 0.15) is 49.7 Å². The molecule has 2 aromatic carbocycles. The number of amides is 3. The van der Waals surface area contributed by atoms with Gasteiger partial charge in [0.1, 0.15) is 5.82 Å². The number of nitrogens with zero attached hydrogens (tertiary/aromatic N) is 2. The largest absolute Gasteiger partial charge is 0.326 e. The second-order valence-electron chi connectivity index (χ2n) is 9.78. The van der Waals surface area contributed by atoms with E-state index in [9.17, 15) is 14.0 Å². The van der Waals surface area contributed by atoms with Gasteiger partial charge in [-0.15, -0.1) is 0 Å². The van der Waals surface area contributed by atoms with Crippen LogP contribution >= 0.6 is 11.6 Å². The molecule has 9 heteroatoms. The molecule has 3 aromatic rings. The van der Waals surface area contributed by atoms with Gasteiger partial charge in [0.15, 0.2) is 0 Å². The van der Waals surface area contributed by atoms with Gasteiger partial charge < -0.3 is 21.3 Å². The van der Waals surface area contributed by atoms with Crippen molar-refractivity contribution in [3.8, 4) is 0 Å². The summed E-state index contributed by atoms with van der Waals surface area (Å²) in [6, 6.07) is 15.5. The Morgan fingerprint density at radius 2 is 1.87 bits per heavy atom. The number of rotatable bonds is 8. The van der Waals surface area contributed by atoms with E-state index < -0.39 is 11.4 Å². The van der Waals surface area contributed by atoms with Gasteiger partial charge in [-0.2, -0.15) is 0 Å². The third kappa shape index (κ3) is 7.30. The van der Waals surface area contributed by atoms with Crippen molar-refractivity contribution in [3.63, 3.8) is 0 Å². The summed E-state index contributed by atoms with van der Waals surface area (Å²) in [4.78, 5) is 28.3. The molecule has 1 aromatic heterocycles. The third-order valence-electron chi connectivity index (χ3n) is 7.01. The summed E-state index contributed by atoms with van der Waals surface area (Å²) in [5.41, 5.74) is 8.60. The molecule has 3 amide bonds. The van der Waals surface area contributed by atoms with Crippen LogP contribution in [-0.2, 0) is 10.3 Å². The number of nitrogens with one attached hydrogen (secondary N) is 2.